The molecule has 5 nitrogen and oxygen atoms in total. The van der Waals surface area contributed by atoms with Gasteiger partial charge in [-0.25, -0.2) is 9.59 Å². The number of aliphatic hydroxyl groups is 1. The highest BCUT2D eigenvalue weighted by Gasteiger charge is 1.80. The SMILES string of the molecule is O=C(O)/C=C/CBr.O=C(O)/C=C/CO. The molecule has 0 aliphatic rings. The van der Waals surface area contributed by atoms with Crippen LogP contribution < -0.4 is 0 Å². The van der Waals surface area contributed by atoms with Crippen molar-refractivity contribution in [3.63, 3.8) is 0 Å². The van der Waals surface area contributed by atoms with Crippen LogP contribution in [-0.4, -0.2) is 39.2 Å². The van der Waals surface area contributed by atoms with Gasteiger partial charge >= 0.3 is 11.9 Å². The minimum atomic E-state index is -1.03. The number of hydrogen-bond donors (Lipinski definition) is 3. The number of carbonyl (C=O) groups is 2. The molecule has 0 fully saturated rings. The molecule has 0 aliphatic carbocycles. The molecule has 80 valence electrons. The molecule has 3 N–H and O–H groups in total. The summed E-state index contributed by atoms with van der Waals surface area (Å²) in [6, 6.07) is 0. The van der Waals surface area contributed by atoms with Crippen LogP contribution in [0.1, 0.15) is 0 Å². The highest BCUT2D eigenvalue weighted by atomic mass is 79.9. The number of aliphatic hydroxyl groups excluding tert-OH is 1. The largest absolute Gasteiger partial charge is 0.478 e. The lowest BCUT2D eigenvalue weighted by atomic mass is 10.5. The van der Waals surface area contributed by atoms with Crippen molar-refractivity contribution in [2.45, 2.75) is 0 Å². The first kappa shape index (κ1) is 15.3. The molecule has 0 heterocycles. The van der Waals surface area contributed by atoms with E-state index in [1.54, 1.807) is 0 Å². The Morgan fingerprint density at radius 1 is 1.07 bits per heavy atom. The molecule has 0 aliphatic heterocycles. The normalized spacial score (nSPS) is 9.86. The van der Waals surface area contributed by atoms with E-state index in [1.807, 2.05) is 0 Å². The average molecular weight is 267 g/mol. The van der Waals surface area contributed by atoms with Gasteiger partial charge in [-0.05, 0) is 0 Å². The van der Waals surface area contributed by atoms with Gasteiger partial charge in [0.15, 0.2) is 0 Å². The number of alkyl halides is 1. The molecule has 0 spiro atoms. The van der Waals surface area contributed by atoms with Crippen molar-refractivity contribution in [2.24, 2.45) is 0 Å². The van der Waals surface area contributed by atoms with Crippen LogP contribution in [-0.2, 0) is 9.59 Å². The van der Waals surface area contributed by atoms with Crippen molar-refractivity contribution in [1.29, 1.82) is 0 Å². The fraction of sp³-hybridized carbons (Fsp3) is 0.250. The Balaban J connectivity index is 0. The van der Waals surface area contributed by atoms with Gasteiger partial charge in [-0.15, -0.1) is 0 Å². The van der Waals surface area contributed by atoms with E-state index in [1.165, 1.54) is 6.08 Å². The van der Waals surface area contributed by atoms with Crippen LogP contribution in [0.15, 0.2) is 24.3 Å². The van der Waals surface area contributed by atoms with Crippen LogP contribution >= 0.6 is 15.9 Å². The predicted molar refractivity (Wildman–Crippen MR) is 54.4 cm³/mol. The van der Waals surface area contributed by atoms with Gasteiger partial charge in [0.25, 0.3) is 0 Å². The monoisotopic (exact) mass is 266 g/mol. The summed E-state index contributed by atoms with van der Waals surface area (Å²) in [6.07, 6.45) is 4.65. The van der Waals surface area contributed by atoms with Crippen molar-refractivity contribution in [3.8, 4) is 0 Å². The molecule has 0 amide bonds. The lowest BCUT2D eigenvalue weighted by Gasteiger charge is -1.73. The zero-order chi connectivity index (χ0) is 11.4. The first-order valence-electron chi connectivity index (χ1n) is 3.50. The Bertz CT molecular complexity index is 198. The Morgan fingerprint density at radius 2 is 1.50 bits per heavy atom. The third-order valence-corrected chi connectivity index (χ3v) is 1.09. The van der Waals surface area contributed by atoms with E-state index in [-0.39, 0.29) is 6.61 Å². The predicted octanol–water partition coefficient (Wildman–Crippen LogP) is 0.642. The van der Waals surface area contributed by atoms with E-state index in [2.05, 4.69) is 15.9 Å². The molecule has 0 aromatic rings. The first-order valence-corrected chi connectivity index (χ1v) is 4.62. The lowest BCUT2D eigenvalue weighted by molar-refractivity contribution is -0.132. The Hall–Kier alpha value is -1.14. The fourth-order valence-electron chi connectivity index (χ4n) is 0.299. The van der Waals surface area contributed by atoms with Gasteiger partial charge in [0.2, 0.25) is 0 Å². The minimum absolute atomic E-state index is 0.216. The first-order chi connectivity index (χ1) is 6.54. The van der Waals surface area contributed by atoms with Crippen molar-refractivity contribution in [3.05, 3.63) is 24.3 Å². The van der Waals surface area contributed by atoms with Crippen molar-refractivity contribution in [1.82, 2.24) is 0 Å². The second-order valence-corrected chi connectivity index (χ2v) is 2.47. The van der Waals surface area contributed by atoms with Crippen molar-refractivity contribution in [2.75, 3.05) is 11.9 Å². The number of hydrogen-bond acceptors (Lipinski definition) is 3. The minimum Gasteiger partial charge on any atom is -0.478 e. The van der Waals surface area contributed by atoms with Crippen LogP contribution in [0.5, 0.6) is 0 Å². The molecule has 0 saturated heterocycles. The summed E-state index contributed by atoms with van der Waals surface area (Å²) in [4.78, 5) is 19.2. The van der Waals surface area contributed by atoms with Crippen LogP contribution in [0.4, 0.5) is 0 Å². The number of rotatable bonds is 4. The van der Waals surface area contributed by atoms with E-state index >= 15 is 0 Å². The lowest BCUT2D eigenvalue weighted by Crippen LogP contribution is -1.86. The van der Waals surface area contributed by atoms with Crippen LogP contribution in [0.3, 0.4) is 0 Å². The second-order valence-electron chi connectivity index (χ2n) is 1.82. The van der Waals surface area contributed by atoms with Gasteiger partial charge in [0.1, 0.15) is 0 Å². The van der Waals surface area contributed by atoms with Crippen LogP contribution in [0.2, 0.25) is 0 Å². The summed E-state index contributed by atoms with van der Waals surface area (Å²) in [6.45, 7) is -0.216. The molecule has 0 atom stereocenters. The molecule has 6 heteroatoms. The molecule has 0 bridgehead atoms. The summed E-state index contributed by atoms with van der Waals surface area (Å²) in [5.41, 5.74) is 0. The van der Waals surface area contributed by atoms with E-state index in [9.17, 15) is 9.59 Å². The van der Waals surface area contributed by atoms with Crippen LogP contribution in [0, 0.1) is 0 Å². The summed E-state index contributed by atoms with van der Waals surface area (Å²) in [7, 11) is 0. The number of allylic oxidation sites excluding steroid dienone is 1. The molecular formula is C8H11BrO5. The summed E-state index contributed by atoms with van der Waals surface area (Å²) in [5.74, 6) is -1.94. The molecular weight excluding hydrogens is 256 g/mol. The smallest absolute Gasteiger partial charge is 0.328 e. The van der Waals surface area contributed by atoms with Crippen molar-refractivity contribution >= 4 is 27.9 Å². The van der Waals surface area contributed by atoms with Crippen molar-refractivity contribution < 1.29 is 24.9 Å². The van der Waals surface area contributed by atoms with Gasteiger partial charge in [-0.1, -0.05) is 28.1 Å². The van der Waals surface area contributed by atoms with Gasteiger partial charge in [0.05, 0.1) is 6.61 Å². The third kappa shape index (κ3) is 22.4. The Morgan fingerprint density at radius 3 is 1.64 bits per heavy atom. The molecule has 0 rings (SSSR count). The maximum absolute atomic E-state index is 9.65. The average Bonchev–Trinajstić information content (AvgIpc) is 2.12. The van der Waals surface area contributed by atoms with Gasteiger partial charge in [0, 0.05) is 17.5 Å². The van der Waals surface area contributed by atoms with Crippen LogP contribution in [0.25, 0.3) is 0 Å². The maximum Gasteiger partial charge on any atom is 0.328 e. The number of carboxylic acids is 2. The molecule has 0 unspecified atom stereocenters. The number of carboxylic acid groups (broad SMARTS) is 2. The zero-order valence-electron chi connectivity index (χ0n) is 7.26. The standard InChI is InChI=1S/C4H5BrO2.C4H6O3/c2*5-3-1-2-4(6)7/h1-2H,3H2,(H,6,7);1-2,5H,3H2,(H,6,7)/b2*2-1+. The topological polar surface area (TPSA) is 94.8 Å². The highest BCUT2D eigenvalue weighted by molar-refractivity contribution is 9.09. The van der Waals surface area contributed by atoms with E-state index in [4.69, 9.17) is 15.3 Å². The second kappa shape index (κ2) is 11.9. The van der Waals surface area contributed by atoms with E-state index in [0.29, 0.717) is 5.33 Å². The van der Waals surface area contributed by atoms with Gasteiger partial charge in [-0.2, -0.15) is 0 Å². The molecule has 14 heavy (non-hydrogen) atoms. The third-order valence-electron chi connectivity index (χ3n) is 0.715. The quantitative estimate of drug-likeness (QED) is 0.513. The fourth-order valence-corrected chi connectivity index (χ4v) is 0.486. The van der Waals surface area contributed by atoms with E-state index in [0.717, 1.165) is 18.2 Å². The highest BCUT2D eigenvalue weighted by Crippen LogP contribution is 1.79. The molecule has 0 radical (unpaired) electrons. The van der Waals surface area contributed by atoms with E-state index < -0.39 is 11.9 Å². The van der Waals surface area contributed by atoms with Gasteiger partial charge < -0.3 is 15.3 Å². The summed E-state index contributed by atoms with van der Waals surface area (Å²) >= 11 is 3.03. The number of halogens is 1. The zero-order valence-corrected chi connectivity index (χ0v) is 8.85. The number of aliphatic carboxylic acids is 2. The van der Waals surface area contributed by atoms with Gasteiger partial charge in [-0.3, -0.25) is 0 Å². The Kier molecular flexibility index (Phi) is 13.0. The molecule has 0 aromatic heterocycles. The summed E-state index contributed by atoms with van der Waals surface area (Å²) < 4.78 is 0. The maximum atomic E-state index is 9.65. The molecule has 0 saturated carbocycles. The molecule has 0 aromatic carbocycles. The summed E-state index contributed by atoms with van der Waals surface area (Å²) in [5, 5.41) is 24.3. The Labute approximate surface area is 89.5 Å².